The molecule has 0 saturated heterocycles. The molecule has 0 radical (unpaired) electrons. The highest BCUT2D eigenvalue weighted by atomic mass is 16.2. The van der Waals surface area contributed by atoms with E-state index >= 15 is 0 Å². The zero-order valence-corrected chi connectivity index (χ0v) is 8.72. The van der Waals surface area contributed by atoms with Crippen LogP contribution in [0.25, 0.3) is 0 Å². The summed E-state index contributed by atoms with van der Waals surface area (Å²) in [7, 11) is 2.78. The Morgan fingerprint density at radius 1 is 1.53 bits per heavy atom. The maximum Gasteiger partial charge on any atom is 0.310 e. The molecule has 15 heavy (non-hydrogen) atoms. The number of hydrogen-bond acceptors (Lipinski definition) is 5. The van der Waals surface area contributed by atoms with E-state index in [9.17, 15) is 14.4 Å². The number of likely N-dealkylation sites (N-methyl/N-ethyl adjacent to an activating group) is 1. The number of carbonyl (C=O) groups is 3. The third-order valence-electron chi connectivity index (χ3n) is 2.07. The number of aliphatic imine (C=N–C) groups is 1. The number of hydrogen-bond donors (Lipinski definition) is 0. The molecule has 1 atom stereocenters. The van der Waals surface area contributed by atoms with Crippen LogP contribution in [0.5, 0.6) is 0 Å². The first-order valence-electron chi connectivity index (χ1n) is 4.32. The van der Waals surface area contributed by atoms with Gasteiger partial charge in [0.15, 0.2) is 5.78 Å². The van der Waals surface area contributed by atoms with Crippen LogP contribution in [0.15, 0.2) is 10.1 Å². The molecule has 0 aromatic rings. The summed E-state index contributed by atoms with van der Waals surface area (Å²) in [5.74, 6) is -2.68. The molecule has 1 amide bonds. The van der Waals surface area contributed by atoms with Gasteiger partial charge in [-0.05, 0) is 0 Å². The van der Waals surface area contributed by atoms with E-state index in [1.807, 2.05) is 0 Å². The number of hydrazone groups is 1. The van der Waals surface area contributed by atoms with Crippen LogP contribution in [0, 0.1) is 5.92 Å². The minimum Gasteiger partial charge on any atom is -0.293 e. The van der Waals surface area contributed by atoms with Gasteiger partial charge in [-0.25, -0.2) is 5.01 Å². The van der Waals surface area contributed by atoms with Crippen LogP contribution in [0.3, 0.4) is 0 Å². The molecule has 1 aliphatic heterocycles. The third-order valence-corrected chi connectivity index (χ3v) is 2.07. The first kappa shape index (κ1) is 11.2. The maximum atomic E-state index is 11.5. The van der Waals surface area contributed by atoms with Crippen LogP contribution in [-0.4, -0.2) is 48.5 Å². The minimum atomic E-state index is -0.934. The molecular weight excluding hydrogens is 198 g/mol. The second-order valence-corrected chi connectivity index (χ2v) is 3.10. The van der Waals surface area contributed by atoms with Gasteiger partial charge in [-0.1, -0.05) is 0 Å². The predicted octanol–water partition coefficient (Wildman–Crippen LogP) is -0.711. The molecule has 0 aromatic carbocycles. The fourth-order valence-corrected chi connectivity index (χ4v) is 1.29. The highest BCUT2D eigenvalue weighted by Crippen LogP contribution is 2.09. The SMILES string of the molecule is CN=C(C(C)=O)C1C=NN(C)C(=O)C1=O. The molecule has 80 valence electrons. The average Bonchev–Trinajstić information content (AvgIpc) is 2.18. The number of nitrogens with zero attached hydrogens (tertiary/aromatic N) is 3. The lowest BCUT2D eigenvalue weighted by Crippen LogP contribution is -2.44. The van der Waals surface area contributed by atoms with Gasteiger partial charge in [-0.2, -0.15) is 5.10 Å². The van der Waals surface area contributed by atoms with E-state index < -0.39 is 17.6 Å². The Labute approximate surface area is 86.7 Å². The van der Waals surface area contributed by atoms with Crippen LogP contribution in [-0.2, 0) is 14.4 Å². The molecule has 0 N–H and O–H groups in total. The standard InChI is InChI=1S/C9H11N3O3/c1-5(13)7(10-2)6-4-11-12(3)9(15)8(6)14/h4,6H,1-3H3. The van der Waals surface area contributed by atoms with Gasteiger partial charge in [0.25, 0.3) is 0 Å². The van der Waals surface area contributed by atoms with Gasteiger partial charge in [-0.15, -0.1) is 0 Å². The first-order chi connectivity index (χ1) is 6.99. The van der Waals surface area contributed by atoms with Gasteiger partial charge >= 0.3 is 5.91 Å². The van der Waals surface area contributed by atoms with Gasteiger partial charge in [0.1, 0.15) is 5.92 Å². The maximum absolute atomic E-state index is 11.5. The number of rotatable bonds is 2. The summed E-state index contributed by atoms with van der Waals surface area (Å²) in [6.07, 6.45) is 1.26. The summed E-state index contributed by atoms with van der Waals surface area (Å²) in [6.45, 7) is 1.30. The predicted molar refractivity (Wildman–Crippen MR) is 53.8 cm³/mol. The Morgan fingerprint density at radius 3 is 2.60 bits per heavy atom. The van der Waals surface area contributed by atoms with Crippen molar-refractivity contribution in [2.45, 2.75) is 6.92 Å². The van der Waals surface area contributed by atoms with Crippen molar-refractivity contribution in [3.63, 3.8) is 0 Å². The van der Waals surface area contributed by atoms with Crippen molar-refractivity contribution in [1.82, 2.24) is 5.01 Å². The Balaban J connectivity index is 3.08. The molecule has 1 aliphatic rings. The third kappa shape index (κ3) is 1.98. The normalized spacial score (nSPS) is 22.2. The second-order valence-electron chi connectivity index (χ2n) is 3.10. The van der Waals surface area contributed by atoms with Crippen LogP contribution in [0.2, 0.25) is 0 Å². The topological polar surface area (TPSA) is 79.2 Å². The largest absolute Gasteiger partial charge is 0.310 e. The molecule has 0 aliphatic carbocycles. The van der Waals surface area contributed by atoms with Gasteiger partial charge in [-0.3, -0.25) is 19.4 Å². The monoisotopic (exact) mass is 209 g/mol. The van der Waals surface area contributed by atoms with E-state index in [1.54, 1.807) is 0 Å². The number of Topliss-reactive ketones (excluding diaryl/α,β-unsaturated/α-hetero) is 2. The number of carbonyl (C=O) groups excluding carboxylic acids is 3. The lowest BCUT2D eigenvalue weighted by Gasteiger charge is -2.19. The number of ketones is 2. The summed E-state index contributed by atoms with van der Waals surface area (Å²) in [5.41, 5.74) is 0.0604. The zero-order chi connectivity index (χ0) is 11.6. The van der Waals surface area contributed by atoms with E-state index in [-0.39, 0.29) is 11.5 Å². The molecule has 1 heterocycles. The first-order valence-corrected chi connectivity index (χ1v) is 4.32. The van der Waals surface area contributed by atoms with Crippen molar-refractivity contribution in [2.24, 2.45) is 16.0 Å². The molecular formula is C9H11N3O3. The zero-order valence-electron chi connectivity index (χ0n) is 8.72. The fourth-order valence-electron chi connectivity index (χ4n) is 1.29. The summed E-state index contributed by atoms with van der Waals surface area (Å²) in [6, 6.07) is 0. The lowest BCUT2D eigenvalue weighted by molar-refractivity contribution is -0.144. The molecule has 0 saturated carbocycles. The van der Waals surface area contributed by atoms with Crippen molar-refractivity contribution in [3.8, 4) is 0 Å². The minimum absolute atomic E-state index is 0.0604. The van der Waals surface area contributed by atoms with E-state index in [1.165, 1.54) is 27.2 Å². The van der Waals surface area contributed by atoms with Crippen molar-refractivity contribution in [1.29, 1.82) is 0 Å². The van der Waals surface area contributed by atoms with E-state index in [2.05, 4.69) is 10.1 Å². The summed E-state index contributed by atoms with van der Waals surface area (Å²) < 4.78 is 0. The Hall–Kier alpha value is -1.85. The van der Waals surface area contributed by atoms with Gasteiger partial charge in [0.2, 0.25) is 5.78 Å². The highest BCUT2D eigenvalue weighted by molar-refractivity contribution is 6.54. The second kappa shape index (κ2) is 4.12. The molecule has 0 bridgehead atoms. The van der Waals surface area contributed by atoms with Crippen molar-refractivity contribution in [2.75, 3.05) is 14.1 Å². The smallest absolute Gasteiger partial charge is 0.293 e. The van der Waals surface area contributed by atoms with Crippen LogP contribution in [0.4, 0.5) is 0 Å². The van der Waals surface area contributed by atoms with Crippen LogP contribution in [0.1, 0.15) is 6.92 Å². The fraction of sp³-hybridized carbons (Fsp3) is 0.444. The molecule has 1 unspecified atom stereocenters. The molecule has 1 rings (SSSR count). The molecule has 0 spiro atoms. The Morgan fingerprint density at radius 2 is 2.13 bits per heavy atom. The van der Waals surface area contributed by atoms with Crippen molar-refractivity contribution in [3.05, 3.63) is 0 Å². The van der Waals surface area contributed by atoms with Crippen molar-refractivity contribution >= 4 is 29.4 Å². The van der Waals surface area contributed by atoms with Gasteiger partial charge < -0.3 is 0 Å². The van der Waals surface area contributed by atoms with Gasteiger partial charge in [0.05, 0.1) is 5.71 Å². The highest BCUT2D eigenvalue weighted by Gasteiger charge is 2.35. The lowest BCUT2D eigenvalue weighted by atomic mass is 9.95. The molecule has 0 aromatic heterocycles. The molecule has 6 heteroatoms. The van der Waals surface area contributed by atoms with E-state index in [0.29, 0.717) is 0 Å². The van der Waals surface area contributed by atoms with Crippen molar-refractivity contribution < 1.29 is 14.4 Å². The van der Waals surface area contributed by atoms with E-state index in [4.69, 9.17) is 0 Å². The quantitative estimate of drug-likeness (QED) is 0.445. The van der Waals surface area contributed by atoms with Crippen LogP contribution < -0.4 is 0 Å². The summed E-state index contributed by atoms with van der Waals surface area (Å²) in [5, 5.41) is 4.64. The van der Waals surface area contributed by atoms with Crippen LogP contribution >= 0.6 is 0 Å². The molecule has 6 nitrogen and oxygen atoms in total. The summed E-state index contributed by atoms with van der Waals surface area (Å²) in [4.78, 5) is 37.6. The Bertz CT molecular complexity index is 384. The summed E-state index contributed by atoms with van der Waals surface area (Å²) >= 11 is 0. The van der Waals surface area contributed by atoms with Gasteiger partial charge in [0, 0.05) is 27.2 Å². The molecule has 0 fully saturated rings. The Kier molecular flexibility index (Phi) is 3.08. The number of amides is 1. The average molecular weight is 209 g/mol. The van der Waals surface area contributed by atoms with E-state index in [0.717, 1.165) is 5.01 Å².